The van der Waals surface area contributed by atoms with Crippen LogP contribution in [0.3, 0.4) is 0 Å². The zero-order valence-corrected chi connectivity index (χ0v) is 19.5. The Morgan fingerprint density at radius 3 is 2.15 bits per heavy atom. The Morgan fingerprint density at radius 2 is 1.56 bits per heavy atom. The van der Waals surface area contributed by atoms with E-state index >= 15 is 0 Å². The molecule has 0 bridgehead atoms. The molecule has 0 aromatic heterocycles. The molecule has 3 rings (SSSR count). The molecular formula is C20H40N4O10. The smallest absolute Gasteiger partial charge is 0.185 e. The van der Waals surface area contributed by atoms with Crippen LogP contribution in [-0.4, -0.2) is 135 Å². The molecule has 14 nitrogen and oxygen atoms in total. The molecule has 14 heteroatoms. The van der Waals surface area contributed by atoms with Crippen LogP contribution in [0.25, 0.3) is 0 Å². The van der Waals surface area contributed by atoms with Crippen LogP contribution in [0.5, 0.6) is 0 Å². The van der Waals surface area contributed by atoms with E-state index in [-0.39, 0.29) is 13.0 Å². The Hall–Kier alpha value is -0.560. The first-order chi connectivity index (χ1) is 15.8. The van der Waals surface area contributed by atoms with Crippen molar-refractivity contribution in [2.24, 2.45) is 17.2 Å². The summed E-state index contributed by atoms with van der Waals surface area (Å²) in [6, 6.07) is -3.54. The van der Waals surface area contributed by atoms with Gasteiger partial charge >= 0.3 is 0 Å². The van der Waals surface area contributed by atoms with Gasteiger partial charge in [-0.1, -0.05) is 0 Å². The molecule has 15 atom stereocenters. The predicted molar refractivity (Wildman–Crippen MR) is 116 cm³/mol. The highest BCUT2D eigenvalue weighted by Gasteiger charge is 2.52. The van der Waals surface area contributed by atoms with Gasteiger partial charge in [-0.25, -0.2) is 0 Å². The van der Waals surface area contributed by atoms with Gasteiger partial charge in [0, 0.05) is 12.1 Å². The molecule has 0 unspecified atom stereocenters. The molecule has 3 aliphatic rings. The topological polar surface area (TPSA) is 248 Å². The molecule has 0 spiro atoms. The molecule has 1 saturated carbocycles. The normalized spacial score (nSPS) is 53.5. The Bertz CT molecular complexity index is 675. The Kier molecular flexibility index (Phi) is 8.92. The predicted octanol–water partition coefficient (Wildman–Crippen LogP) is -5.61. The average Bonchev–Trinajstić information content (AvgIpc) is 2.75. The summed E-state index contributed by atoms with van der Waals surface area (Å²) in [4.78, 5) is 0. The minimum absolute atomic E-state index is 0.153. The number of aliphatic hydroxyl groups is 6. The molecule has 200 valence electrons. The number of aliphatic hydroxyl groups excluding tert-OH is 5. The lowest BCUT2D eigenvalue weighted by atomic mass is 9.84. The summed E-state index contributed by atoms with van der Waals surface area (Å²) < 4.78 is 23.0. The third kappa shape index (κ3) is 5.40. The van der Waals surface area contributed by atoms with Gasteiger partial charge in [0.1, 0.15) is 42.2 Å². The van der Waals surface area contributed by atoms with E-state index in [0.717, 1.165) is 0 Å². The van der Waals surface area contributed by atoms with Crippen LogP contribution in [0.15, 0.2) is 0 Å². The fourth-order valence-electron chi connectivity index (χ4n) is 4.91. The van der Waals surface area contributed by atoms with Crippen molar-refractivity contribution in [2.75, 3.05) is 13.7 Å². The zero-order chi connectivity index (χ0) is 25.5. The number of likely N-dealkylation sites (N-methyl/N-ethyl adjacent to an activating group) is 1. The van der Waals surface area contributed by atoms with Gasteiger partial charge in [0.2, 0.25) is 0 Å². The second kappa shape index (κ2) is 10.8. The monoisotopic (exact) mass is 496 g/mol. The number of nitrogens with one attached hydrogen (secondary N) is 1. The molecule has 13 N–H and O–H groups in total. The lowest BCUT2D eigenvalue weighted by molar-refractivity contribution is -0.331. The highest BCUT2D eigenvalue weighted by Crippen LogP contribution is 2.32. The van der Waals surface area contributed by atoms with E-state index in [1.807, 2.05) is 0 Å². The van der Waals surface area contributed by atoms with Crippen molar-refractivity contribution in [2.45, 2.75) is 111 Å². The number of hydrogen-bond donors (Lipinski definition) is 10. The minimum atomic E-state index is -1.47. The summed E-state index contributed by atoms with van der Waals surface area (Å²) in [5, 5.41) is 65.3. The van der Waals surface area contributed by atoms with E-state index in [9.17, 15) is 30.6 Å². The van der Waals surface area contributed by atoms with E-state index in [1.54, 1.807) is 7.05 Å². The van der Waals surface area contributed by atoms with Gasteiger partial charge < -0.3 is 72.1 Å². The second-order valence-corrected chi connectivity index (χ2v) is 9.82. The van der Waals surface area contributed by atoms with E-state index < -0.39 is 91.2 Å². The third-order valence-electron chi connectivity index (χ3n) is 6.95. The highest BCUT2D eigenvalue weighted by molar-refractivity contribution is 5.02. The van der Waals surface area contributed by atoms with Crippen molar-refractivity contribution in [3.8, 4) is 0 Å². The lowest BCUT2D eigenvalue weighted by Crippen LogP contribution is -2.70. The first kappa shape index (κ1) is 28.0. The van der Waals surface area contributed by atoms with Gasteiger partial charge in [0.15, 0.2) is 12.6 Å². The van der Waals surface area contributed by atoms with Crippen molar-refractivity contribution in [3.63, 3.8) is 0 Å². The van der Waals surface area contributed by atoms with Gasteiger partial charge in [-0.05, 0) is 27.3 Å². The summed E-state index contributed by atoms with van der Waals surface area (Å²) in [5.74, 6) is 0. The van der Waals surface area contributed by atoms with Crippen LogP contribution >= 0.6 is 0 Å². The molecule has 34 heavy (non-hydrogen) atoms. The standard InChI is InChI=1S/C20H40N4O10/c1-6(25)14-12(28)11(27)9(23)18(32-14)33-15-8(22)4-7(21)10(26)16(15)34-19-13(29)17(24-3)20(2,30)5-31-19/h6-19,24-30H,4-5,21-23H2,1-3H3/t6-,7+,8-,9+,10-,11+,12-,13+,14+,15-,16+,17+,18+,19+,20-/m0/s1. The van der Waals surface area contributed by atoms with Crippen LogP contribution in [0, 0.1) is 0 Å². The van der Waals surface area contributed by atoms with Crippen molar-refractivity contribution in [1.29, 1.82) is 0 Å². The Labute approximate surface area is 197 Å². The average molecular weight is 497 g/mol. The molecule has 0 aromatic carbocycles. The van der Waals surface area contributed by atoms with E-state index in [4.69, 9.17) is 36.1 Å². The van der Waals surface area contributed by atoms with E-state index in [2.05, 4.69) is 5.32 Å². The number of hydrogen-bond acceptors (Lipinski definition) is 14. The molecule has 0 aromatic rings. The van der Waals surface area contributed by atoms with Gasteiger partial charge in [-0.15, -0.1) is 0 Å². The third-order valence-corrected chi connectivity index (χ3v) is 6.95. The molecule has 1 aliphatic carbocycles. The maximum absolute atomic E-state index is 10.8. The molecule has 2 saturated heterocycles. The van der Waals surface area contributed by atoms with Crippen LogP contribution in [-0.2, 0) is 18.9 Å². The van der Waals surface area contributed by atoms with Crippen LogP contribution in [0.1, 0.15) is 20.3 Å². The summed E-state index contributed by atoms with van der Waals surface area (Å²) in [5.41, 5.74) is 16.9. The summed E-state index contributed by atoms with van der Waals surface area (Å²) in [6.45, 7) is 2.72. The van der Waals surface area contributed by atoms with Gasteiger partial charge in [-0.2, -0.15) is 0 Å². The molecule has 3 fully saturated rings. The maximum Gasteiger partial charge on any atom is 0.185 e. The highest BCUT2D eigenvalue weighted by atomic mass is 16.7. The molecule has 0 amide bonds. The van der Waals surface area contributed by atoms with Crippen LogP contribution < -0.4 is 22.5 Å². The molecule has 2 aliphatic heterocycles. The summed E-state index contributed by atoms with van der Waals surface area (Å²) in [6.07, 6.45) is -12.5. The molecular weight excluding hydrogens is 456 g/mol. The largest absolute Gasteiger partial charge is 0.391 e. The number of ether oxygens (including phenoxy) is 4. The fourth-order valence-corrected chi connectivity index (χ4v) is 4.91. The summed E-state index contributed by atoms with van der Waals surface area (Å²) >= 11 is 0. The minimum Gasteiger partial charge on any atom is -0.391 e. The Morgan fingerprint density at radius 1 is 0.941 bits per heavy atom. The van der Waals surface area contributed by atoms with Crippen LogP contribution in [0.4, 0.5) is 0 Å². The second-order valence-electron chi connectivity index (χ2n) is 9.82. The zero-order valence-electron chi connectivity index (χ0n) is 19.5. The quantitative estimate of drug-likeness (QED) is 0.165. The number of nitrogens with two attached hydrogens (primary N) is 3. The van der Waals surface area contributed by atoms with Gasteiger partial charge in [0.05, 0.1) is 30.9 Å². The van der Waals surface area contributed by atoms with Crippen molar-refractivity contribution >= 4 is 0 Å². The molecule has 0 radical (unpaired) electrons. The Balaban J connectivity index is 1.81. The van der Waals surface area contributed by atoms with Crippen molar-refractivity contribution in [1.82, 2.24) is 5.32 Å². The lowest BCUT2D eigenvalue weighted by Gasteiger charge is -2.49. The maximum atomic E-state index is 10.8. The SMILES string of the molecule is CN[C@@H]1[C@@H](O)[C@@H](O[C@@H]2[C@@H](O)[C@H](N)C[C@H](N)[C@@H]2O[C@H]2O[C@H]([C@H](C)O)[C@@H](O)[C@H](O)[C@H]2N)OC[C@]1(C)O. The van der Waals surface area contributed by atoms with Gasteiger partial charge in [0.25, 0.3) is 0 Å². The van der Waals surface area contributed by atoms with Crippen LogP contribution in [0.2, 0.25) is 0 Å². The van der Waals surface area contributed by atoms with E-state index in [1.165, 1.54) is 13.8 Å². The fraction of sp³-hybridized carbons (Fsp3) is 1.00. The number of rotatable bonds is 6. The van der Waals surface area contributed by atoms with Crippen molar-refractivity contribution in [3.05, 3.63) is 0 Å². The molecule has 2 heterocycles. The van der Waals surface area contributed by atoms with Gasteiger partial charge in [-0.3, -0.25) is 0 Å². The van der Waals surface area contributed by atoms with E-state index in [0.29, 0.717) is 0 Å². The first-order valence-electron chi connectivity index (χ1n) is 11.4. The van der Waals surface area contributed by atoms with Crippen molar-refractivity contribution < 1.29 is 49.6 Å². The first-order valence-corrected chi connectivity index (χ1v) is 11.4. The summed E-state index contributed by atoms with van der Waals surface area (Å²) in [7, 11) is 1.57.